The van der Waals surface area contributed by atoms with Crippen molar-refractivity contribution < 1.29 is 14.3 Å². The Kier molecular flexibility index (Phi) is 6.07. The number of hydrogen-bond acceptors (Lipinski definition) is 5. The third-order valence-electron chi connectivity index (χ3n) is 4.04. The van der Waals surface area contributed by atoms with Crippen molar-refractivity contribution in [1.82, 2.24) is 10.3 Å². The Labute approximate surface area is 157 Å². The molecule has 2 aromatic carbocycles. The molecule has 3 aromatic rings. The molecule has 0 bridgehead atoms. The van der Waals surface area contributed by atoms with Crippen molar-refractivity contribution in [1.29, 1.82) is 0 Å². The lowest BCUT2D eigenvalue weighted by Crippen LogP contribution is -2.26. The van der Waals surface area contributed by atoms with Crippen LogP contribution in [0.1, 0.15) is 17.0 Å². The minimum atomic E-state index is 0.00141. The van der Waals surface area contributed by atoms with E-state index < -0.39 is 0 Å². The molecule has 0 atom stereocenters. The minimum absolute atomic E-state index is 0.00141. The highest BCUT2D eigenvalue weighted by Crippen LogP contribution is 2.27. The third-order valence-corrected chi connectivity index (χ3v) is 5.14. The number of nitrogens with one attached hydrogen (secondary N) is 1. The number of methoxy groups -OCH3 is 2. The van der Waals surface area contributed by atoms with E-state index >= 15 is 0 Å². The molecule has 1 aromatic heterocycles. The van der Waals surface area contributed by atoms with Gasteiger partial charge in [-0.05, 0) is 36.2 Å². The fraction of sp³-hybridized carbons (Fsp3) is 0.300. The zero-order valence-corrected chi connectivity index (χ0v) is 15.8. The van der Waals surface area contributed by atoms with Gasteiger partial charge in [0.15, 0.2) is 11.5 Å². The Balaban J connectivity index is 1.45. The molecule has 0 saturated heterocycles. The molecular formula is C20H22N2O3S. The Morgan fingerprint density at radius 1 is 1.12 bits per heavy atom. The maximum atomic E-state index is 12.1. The minimum Gasteiger partial charge on any atom is -0.493 e. The molecule has 0 unspecified atom stereocenters. The van der Waals surface area contributed by atoms with E-state index in [0.717, 1.165) is 28.9 Å². The van der Waals surface area contributed by atoms with E-state index in [2.05, 4.69) is 16.4 Å². The van der Waals surface area contributed by atoms with Gasteiger partial charge in [-0.25, -0.2) is 4.98 Å². The Morgan fingerprint density at radius 2 is 1.92 bits per heavy atom. The van der Waals surface area contributed by atoms with Crippen LogP contribution in [-0.2, 0) is 17.6 Å². The summed E-state index contributed by atoms with van der Waals surface area (Å²) in [5.74, 6) is 1.29. The van der Waals surface area contributed by atoms with Crippen molar-refractivity contribution in [2.75, 3.05) is 20.8 Å². The first kappa shape index (κ1) is 18.2. The van der Waals surface area contributed by atoms with Gasteiger partial charge in [-0.3, -0.25) is 4.79 Å². The van der Waals surface area contributed by atoms with Gasteiger partial charge in [0, 0.05) is 13.0 Å². The van der Waals surface area contributed by atoms with Crippen LogP contribution in [0, 0.1) is 0 Å². The van der Waals surface area contributed by atoms with Crippen molar-refractivity contribution in [3.05, 3.63) is 53.0 Å². The summed E-state index contributed by atoms with van der Waals surface area (Å²) in [7, 11) is 3.18. The second-order valence-corrected chi connectivity index (χ2v) is 7.01. The van der Waals surface area contributed by atoms with Gasteiger partial charge in [0.2, 0.25) is 5.91 Å². The fourth-order valence-electron chi connectivity index (χ4n) is 2.73. The summed E-state index contributed by atoms with van der Waals surface area (Å²) in [5, 5.41) is 4.08. The quantitative estimate of drug-likeness (QED) is 0.616. The van der Waals surface area contributed by atoms with Crippen LogP contribution in [0.3, 0.4) is 0 Å². The molecule has 1 heterocycles. The van der Waals surface area contributed by atoms with E-state index in [-0.39, 0.29) is 5.91 Å². The second kappa shape index (κ2) is 8.67. The van der Waals surface area contributed by atoms with Gasteiger partial charge in [-0.2, -0.15) is 0 Å². The van der Waals surface area contributed by atoms with E-state index in [0.29, 0.717) is 24.5 Å². The monoisotopic (exact) mass is 370 g/mol. The van der Waals surface area contributed by atoms with Crippen LogP contribution in [0.5, 0.6) is 11.5 Å². The highest BCUT2D eigenvalue weighted by Gasteiger charge is 2.08. The number of hydrogen-bond donors (Lipinski definition) is 1. The molecule has 0 radical (unpaired) electrons. The zero-order valence-electron chi connectivity index (χ0n) is 15.0. The van der Waals surface area contributed by atoms with Gasteiger partial charge < -0.3 is 14.8 Å². The number of ether oxygens (including phenoxy) is 2. The van der Waals surface area contributed by atoms with Crippen LogP contribution in [0.4, 0.5) is 0 Å². The number of carbonyl (C=O) groups is 1. The van der Waals surface area contributed by atoms with E-state index in [4.69, 9.17) is 9.47 Å². The smallest absolute Gasteiger partial charge is 0.224 e. The number of amides is 1. The molecule has 0 aliphatic heterocycles. The van der Waals surface area contributed by atoms with Crippen LogP contribution in [0.2, 0.25) is 0 Å². The SMILES string of the molecule is COc1ccc(CC(=O)NCCCc2nc3ccccc3s2)cc1OC. The average Bonchev–Trinajstić information content (AvgIpc) is 3.08. The summed E-state index contributed by atoms with van der Waals surface area (Å²) in [5.41, 5.74) is 1.94. The topological polar surface area (TPSA) is 60.5 Å². The van der Waals surface area contributed by atoms with Gasteiger partial charge >= 0.3 is 0 Å². The molecule has 1 N–H and O–H groups in total. The molecule has 6 heteroatoms. The van der Waals surface area contributed by atoms with Crippen molar-refractivity contribution in [3.63, 3.8) is 0 Å². The van der Waals surface area contributed by atoms with Crippen molar-refractivity contribution in [2.24, 2.45) is 0 Å². The lowest BCUT2D eigenvalue weighted by molar-refractivity contribution is -0.120. The number of carbonyl (C=O) groups excluding carboxylic acids is 1. The van der Waals surface area contributed by atoms with Gasteiger partial charge in [0.1, 0.15) is 0 Å². The lowest BCUT2D eigenvalue weighted by Gasteiger charge is -2.09. The third kappa shape index (κ3) is 4.52. The van der Waals surface area contributed by atoms with E-state index in [1.165, 1.54) is 4.70 Å². The van der Waals surface area contributed by atoms with Crippen molar-refractivity contribution in [3.8, 4) is 11.5 Å². The molecule has 26 heavy (non-hydrogen) atoms. The fourth-order valence-corrected chi connectivity index (χ4v) is 3.74. The average molecular weight is 370 g/mol. The molecule has 3 rings (SSSR count). The Morgan fingerprint density at radius 3 is 2.69 bits per heavy atom. The summed E-state index contributed by atoms with van der Waals surface area (Å²) >= 11 is 1.72. The lowest BCUT2D eigenvalue weighted by atomic mass is 10.1. The molecule has 0 saturated carbocycles. The number of benzene rings is 2. The Hall–Kier alpha value is -2.60. The Bertz CT molecular complexity index is 859. The zero-order chi connectivity index (χ0) is 18.4. The highest BCUT2D eigenvalue weighted by molar-refractivity contribution is 7.18. The van der Waals surface area contributed by atoms with Crippen LogP contribution in [0.15, 0.2) is 42.5 Å². The number of aryl methyl sites for hydroxylation is 1. The number of fused-ring (bicyclic) bond motifs is 1. The maximum Gasteiger partial charge on any atom is 0.224 e. The van der Waals surface area contributed by atoms with Gasteiger partial charge in [0.05, 0.1) is 35.9 Å². The molecular weight excluding hydrogens is 348 g/mol. The summed E-state index contributed by atoms with van der Waals surface area (Å²) in [6.45, 7) is 0.641. The largest absolute Gasteiger partial charge is 0.493 e. The predicted molar refractivity (Wildman–Crippen MR) is 104 cm³/mol. The number of aromatic nitrogens is 1. The second-order valence-electron chi connectivity index (χ2n) is 5.89. The number of nitrogens with zero attached hydrogens (tertiary/aromatic N) is 1. The molecule has 0 fully saturated rings. The van der Waals surface area contributed by atoms with Crippen LogP contribution < -0.4 is 14.8 Å². The van der Waals surface area contributed by atoms with Crippen LogP contribution >= 0.6 is 11.3 Å². The summed E-state index contributed by atoms with van der Waals surface area (Å²) < 4.78 is 11.7. The van der Waals surface area contributed by atoms with Crippen molar-refractivity contribution >= 4 is 27.5 Å². The molecule has 1 amide bonds. The highest BCUT2D eigenvalue weighted by atomic mass is 32.1. The number of rotatable bonds is 8. The molecule has 5 nitrogen and oxygen atoms in total. The first-order valence-corrected chi connectivity index (χ1v) is 9.33. The normalized spacial score (nSPS) is 10.7. The van der Waals surface area contributed by atoms with E-state index in [1.54, 1.807) is 25.6 Å². The van der Waals surface area contributed by atoms with Crippen molar-refractivity contribution in [2.45, 2.75) is 19.3 Å². The van der Waals surface area contributed by atoms with E-state index in [1.807, 2.05) is 36.4 Å². The van der Waals surface area contributed by atoms with E-state index in [9.17, 15) is 4.79 Å². The molecule has 136 valence electrons. The predicted octanol–water partition coefficient (Wildman–Crippen LogP) is 3.61. The molecule has 0 aliphatic rings. The van der Waals surface area contributed by atoms with Gasteiger partial charge in [0.25, 0.3) is 0 Å². The summed E-state index contributed by atoms with van der Waals surface area (Å²) in [6, 6.07) is 13.7. The first-order valence-electron chi connectivity index (χ1n) is 8.51. The number of para-hydroxylation sites is 1. The van der Waals surface area contributed by atoms with Gasteiger partial charge in [-0.15, -0.1) is 11.3 Å². The van der Waals surface area contributed by atoms with Crippen LogP contribution in [-0.4, -0.2) is 31.7 Å². The number of thiazole rings is 1. The maximum absolute atomic E-state index is 12.1. The van der Waals surface area contributed by atoms with Gasteiger partial charge in [-0.1, -0.05) is 18.2 Å². The van der Waals surface area contributed by atoms with Crippen LogP contribution in [0.25, 0.3) is 10.2 Å². The first-order chi connectivity index (χ1) is 12.7. The molecule has 0 spiro atoms. The standard InChI is InChI=1S/C20H22N2O3S/c1-24-16-10-9-14(12-17(16)25-2)13-19(23)21-11-5-8-20-22-15-6-3-4-7-18(15)26-20/h3-4,6-7,9-10,12H,5,8,11,13H2,1-2H3,(H,21,23). The summed E-state index contributed by atoms with van der Waals surface area (Å²) in [6.07, 6.45) is 2.06. The summed E-state index contributed by atoms with van der Waals surface area (Å²) in [4.78, 5) is 16.7. The molecule has 0 aliphatic carbocycles.